The van der Waals surface area contributed by atoms with Crippen molar-refractivity contribution < 1.29 is 4.79 Å². The highest BCUT2D eigenvalue weighted by Crippen LogP contribution is 2.24. The van der Waals surface area contributed by atoms with Gasteiger partial charge in [0.05, 0.1) is 0 Å². The third kappa shape index (κ3) is 2.36. The predicted octanol–water partition coefficient (Wildman–Crippen LogP) is 2.78. The van der Waals surface area contributed by atoms with Gasteiger partial charge in [-0.3, -0.25) is 4.90 Å². The van der Waals surface area contributed by atoms with E-state index in [1.54, 1.807) is 23.1 Å². The van der Waals surface area contributed by atoms with Crippen molar-refractivity contribution in [2.75, 3.05) is 18.0 Å². The Morgan fingerprint density at radius 2 is 2.00 bits per heavy atom. The number of carbonyl (C=O) groups excluding carboxylic acids is 1. The predicted molar refractivity (Wildman–Crippen MR) is 68.4 cm³/mol. The standard InChI is InChI=1S/C12H16ClN3O/c1-12(2,3)16-8-7-15(11(16)17)10-6-4-5-9(13)14-10/h4-6H,7-8H2,1-3H3. The summed E-state index contributed by atoms with van der Waals surface area (Å²) in [5.74, 6) is 0.620. The topological polar surface area (TPSA) is 36.4 Å². The fraction of sp³-hybridized carbons (Fsp3) is 0.500. The molecule has 2 heterocycles. The molecule has 2 amide bonds. The van der Waals surface area contributed by atoms with Crippen molar-refractivity contribution in [2.24, 2.45) is 0 Å². The lowest BCUT2D eigenvalue weighted by atomic mass is 10.1. The number of hydrogen-bond acceptors (Lipinski definition) is 2. The third-order valence-electron chi connectivity index (χ3n) is 2.80. The van der Waals surface area contributed by atoms with E-state index in [1.807, 2.05) is 25.7 Å². The van der Waals surface area contributed by atoms with Crippen molar-refractivity contribution in [3.8, 4) is 0 Å². The maximum absolute atomic E-state index is 12.2. The Hall–Kier alpha value is -1.29. The van der Waals surface area contributed by atoms with Crippen LogP contribution in [0.4, 0.5) is 10.6 Å². The average molecular weight is 254 g/mol. The molecule has 1 saturated heterocycles. The van der Waals surface area contributed by atoms with Crippen LogP contribution < -0.4 is 4.90 Å². The zero-order chi connectivity index (χ0) is 12.6. The SMILES string of the molecule is CC(C)(C)N1CCN(c2cccc(Cl)n2)C1=O. The summed E-state index contributed by atoms with van der Waals surface area (Å²) in [5.41, 5.74) is -0.162. The quantitative estimate of drug-likeness (QED) is 0.722. The van der Waals surface area contributed by atoms with Crippen LogP contribution in [-0.4, -0.2) is 34.5 Å². The van der Waals surface area contributed by atoms with Gasteiger partial charge in [-0.2, -0.15) is 0 Å². The summed E-state index contributed by atoms with van der Waals surface area (Å²) in [4.78, 5) is 19.9. The normalized spacial score (nSPS) is 16.8. The van der Waals surface area contributed by atoms with Gasteiger partial charge in [-0.25, -0.2) is 9.78 Å². The van der Waals surface area contributed by atoms with E-state index in [2.05, 4.69) is 4.98 Å². The second-order valence-corrected chi connectivity index (χ2v) is 5.46. The number of carbonyl (C=O) groups is 1. The van der Waals surface area contributed by atoms with Crippen molar-refractivity contribution in [3.05, 3.63) is 23.4 Å². The highest BCUT2D eigenvalue weighted by Gasteiger charge is 2.36. The van der Waals surface area contributed by atoms with Gasteiger partial charge < -0.3 is 4.90 Å². The van der Waals surface area contributed by atoms with Crippen molar-refractivity contribution >= 4 is 23.4 Å². The van der Waals surface area contributed by atoms with Crippen LogP contribution in [0.3, 0.4) is 0 Å². The van der Waals surface area contributed by atoms with E-state index in [4.69, 9.17) is 11.6 Å². The van der Waals surface area contributed by atoms with Gasteiger partial charge >= 0.3 is 6.03 Å². The summed E-state index contributed by atoms with van der Waals surface area (Å²) < 4.78 is 0. The number of amides is 2. The van der Waals surface area contributed by atoms with Gasteiger partial charge in [-0.05, 0) is 32.9 Å². The van der Waals surface area contributed by atoms with Crippen molar-refractivity contribution in [1.29, 1.82) is 0 Å². The van der Waals surface area contributed by atoms with Crippen LogP contribution in [0.5, 0.6) is 0 Å². The molecule has 0 aliphatic carbocycles. The van der Waals surface area contributed by atoms with Crippen LogP contribution >= 0.6 is 11.6 Å². The number of anilines is 1. The highest BCUT2D eigenvalue weighted by molar-refractivity contribution is 6.29. The summed E-state index contributed by atoms with van der Waals surface area (Å²) >= 11 is 5.83. The lowest BCUT2D eigenvalue weighted by Gasteiger charge is -2.31. The Morgan fingerprint density at radius 1 is 1.29 bits per heavy atom. The third-order valence-corrected chi connectivity index (χ3v) is 3.01. The molecule has 1 aliphatic heterocycles. The summed E-state index contributed by atoms with van der Waals surface area (Å²) in [5, 5.41) is 0.407. The first-order valence-corrected chi connectivity index (χ1v) is 5.99. The van der Waals surface area contributed by atoms with Crippen molar-refractivity contribution in [2.45, 2.75) is 26.3 Å². The van der Waals surface area contributed by atoms with Gasteiger partial charge in [0.2, 0.25) is 0 Å². The number of halogens is 1. The van der Waals surface area contributed by atoms with Crippen LogP contribution in [0.25, 0.3) is 0 Å². The molecule has 2 rings (SSSR count). The number of hydrogen-bond donors (Lipinski definition) is 0. The molecule has 0 N–H and O–H groups in total. The molecule has 4 nitrogen and oxygen atoms in total. The zero-order valence-corrected chi connectivity index (χ0v) is 11.0. The van der Waals surface area contributed by atoms with Crippen LogP contribution in [-0.2, 0) is 0 Å². The fourth-order valence-corrected chi connectivity index (χ4v) is 2.08. The first kappa shape index (κ1) is 12.2. The minimum Gasteiger partial charge on any atom is -0.318 e. The van der Waals surface area contributed by atoms with Crippen molar-refractivity contribution in [3.63, 3.8) is 0 Å². The number of aromatic nitrogens is 1. The zero-order valence-electron chi connectivity index (χ0n) is 10.3. The molecule has 5 heteroatoms. The Labute approximate surface area is 106 Å². The molecule has 1 aromatic heterocycles. The first-order valence-electron chi connectivity index (χ1n) is 5.61. The Morgan fingerprint density at radius 3 is 2.53 bits per heavy atom. The van der Waals surface area contributed by atoms with Crippen LogP contribution in [0.2, 0.25) is 5.15 Å². The maximum atomic E-state index is 12.2. The summed E-state index contributed by atoms with van der Waals surface area (Å²) in [6.45, 7) is 7.46. The van der Waals surface area contributed by atoms with Gasteiger partial charge in [-0.15, -0.1) is 0 Å². The maximum Gasteiger partial charge on any atom is 0.326 e. The molecule has 1 aliphatic rings. The molecule has 0 bridgehead atoms. The average Bonchev–Trinajstić information content (AvgIpc) is 2.59. The lowest BCUT2D eigenvalue weighted by Crippen LogP contribution is -2.44. The minimum absolute atomic E-state index is 0.00716. The number of urea groups is 1. The van der Waals surface area contributed by atoms with Crippen molar-refractivity contribution in [1.82, 2.24) is 9.88 Å². The lowest BCUT2D eigenvalue weighted by molar-refractivity contribution is 0.173. The molecule has 1 aromatic rings. The van der Waals surface area contributed by atoms with Crippen LogP contribution in [0.1, 0.15) is 20.8 Å². The molecule has 0 saturated carbocycles. The van der Waals surface area contributed by atoms with E-state index in [9.17, 15) is 4.79 Å². The Bertz CT molecular complexity index is 442. The molecule has 0 spiro atoms. The van der Waals surface area contributed by atoms with E-state index in [1.165, 1.54) is 0 Å². The first-order chi connectivity index (χ1) is 7.89. The monoisotopic (exact) mass is 253 g/mol. The second kappa shape index (κ2) is 4.18. The van der Waals surface area contributed by atoms with Gasteiger partial charge in [0.1, 0.15) is 11.0 Å². The largest absolute Gasteiger partial charge is 0.326 e. The molecule has 17 heavy (non-hydrogen) atoms. The Balaban J connectivity index is 2.24. The minimum atomic E-state index is -0.162. The number of nitrogens with zero attached hydrogens (tertiary/aromatic N) is 3. The Kier molecular flexibility index (Phi) is 3.00. The highest BCUT2D eigenvalue weighted by atomic mass is 35.5. The van der Waals surface area contributed by atoms with Gasteiger partial charge in [0, 0.05) is 18.6 Å². The molecule has 0 atom stereocenters. The van der Waals surface area contributed by atoms with E-state index >= 15 is 0 Å². The molecule has 92 valence electrons. The molecular formula is C12H16ClN3O. The van der Waals surface area contributed by atoms with E-state index < -0.39 is 0 Å². The van der Waals surface area contributed by atoms with E-state index in [0.29, 0.717) is 17.5 Å². The molecular weight excluding hydrogens is 238 g/mol. The van der Waals surface area contributed by atoms with Gasteiger partial charge in [0.15, 0.2) is 0 Å². The van der Waals surface area contributed by atoms with Crippen LogP contribution in [0, 0.1) is 0 Å². The molecule has 0 unspecified atom stereocenters. The smallest absolute Gasteiger partial charge is 0.318 e. The molecule has 1 fully saturated rings. The fourth-order valence-electron chi connectivity index (χ4n) is 1.92. The van der Waals surface area contributed by atoms with Gasteiger partial charge in [-0.1, -0.05) is 17.7 Å². The summed E-state index contributed by atoms with van der Waals surface area (Å²) in [6, 6.07) is 5.30. The van der Waals surface area contributed by atoms with E-state index in [-0.39, 0.29) is 11.6 Å². The van der Waals surface area contributed by atoms with Gasteiger partial charge in [0.25, 0.3) is 0 Å². The van der Waals surface area contributed by atoms with E-state index in [0.717, 1.165) is 6.54 Å². The molecule has 0 radical (unpaired) electrons. The summed E-state index contributed by atoms with van der Waals surface area (Å²) in [7, 11) is 0. The van der Waals surface area contributed by atoms with Crippen LogP contribution in [0.15, 0.2) is 18.2 Å². The number of rotatable bonds is 1. The number of pyridine rings is 1. The molecule has 0 aromatic carbocycles. The second-order valence-electron chi connectivity index (χ2n) is 5.08. The summed E-state index contributed by atoms with van der Waals surface area (Å²) in [6.07, 6.45) is 0.